The van der Waals surface area contributed by atoms with E-state index in [2.05, 4.69) is 19.2 Å². The second-order valence-corrected chi connectivity index (χ2v) is 5.79. The van der Waals surface area contributed by atoms with Crippen LogP contribution in [0, 0.1) is 11.8 Å². The fraction of sp³-hybridized carbons (Fsp3) is 1.00. The Hall–Kier alpha value is -0.250. The third-order valence-electron chi connectivity index (χ3n) is 4.35. The van der Waals surface area contributed by atoms with Crippen LogP contribution in [-0.4, -0.2) is 18.3 Å². The Morgan fingerprint density at radius 3 is 2.44 bits per heavy atom. The van der Waals surface area contributed by atoms with Gasteiger partial charge in [-0.3, -0.25) is 0 Å². The molecule has 1 rings (SSSR count). The Balaban J connectivity index is 2.22. The number of hydrogen-bond donors (Lipinski definition) is 1. The Kier molecular flexibility index (Phi) is 5.96. The minimum absolute atomic E-state index is 0.190. The second-order valence-electron chi connectivity index (χ2n) is 5.79. The lowest BCUT2D eigenvalue weighted by atomic mass is 9.93. The summed E-state index contributed by atoms with van der Waals surface area (Å²) in [6.45, 7) is 6.49. The van der Waals surface area contributed by atoms with Crippen LogP contribution in [-0.2, 0) is 0 Å². The summed E-state index contributed by atoms with van der Waals surface area (Å²) in [5.74, 6) is 1.44. The third-order valence-corrected chi connectivity index (χ3v) is 4.35. The summed E-state index contributed by atoms with van der Waals surface area (Å²) in [6.07, 6.45) is -0.185. The molecule has 0 saturated heterocycles. The first-order valence-corrected chi connectivity index (χ1v) is 7.16. The van der Waals surface area contributed by atoms with Gasteiger partial charge in [0.2, 0.25) is 0 Å². The molecule has 18 heavy (non-hydrogen) atoms. The molecule has 0 aromatic rings. The Morgan fingerprint density at radius 2 is 1.94 bits per heavy atom. The molecule has 0 bridgehead atoms. The van der Waals surface area contributed by atoms with Gasteiger partial charge < -0.3 is 5.32 Å². The van der Waals surface area contributed by atoms with E-state index >= 15 is 0 Å². The van der Waals surface area contributed by atoms with Crippen molar-refractivity contribution < 1.29 is 13.2 Å². The van der Waals surface area contributed by atoms with Crippen molar-refractivity contribution in [1.82, 2.24) is 5.32 Å². The number of hydrogen-bond acceptors (Lipinski definition) is 1. The van der Waals surface area contributed by atoms with E-state index in [0.717, 1.165) is 5.92 Å². The van der Waals surface area contributed by atoms with Gasteiger partial charge in [0.05, 0.1) is 0 Å². The van der Waals surface area contributed by atoms with Crippen LogP contribution >= 0.6 is 0 Å². The highest BCUT2D eigenvalue weighted by atomic mass is 19.4. The molecule has 1 aliphatic rings. The standard InChI is InChI=1S/C14H26F3N/c1-4-12-7-8-13(11(12)3)18-10(2)6-5-9-14(15,16)17/h10-13,18H,4-9H2,1-3H3. The Labute approximate surface area is 109 Å². The molecule has 1 nitrogen and oxygen atoms in total. The molecule has 0 amide bonds. The average Bonchev–Trinajstić information content (AvgIpc) is 2.58. The van der Waals surface area contributed by atoms with Gasteiger partial charge in [-0.25, -0.2) is 0 Å². The molecule has 1 aliphatic carbocycles. The van der Waals surface area contributed by atoms with Crippen LogP contribution in [0.15, 0.2) is 0 Å². The normalized spacial score (nSPS) is 30.7. The zero-order chi connectivity index (χ0) is 13.8. The van der Waals surface area contributed by atoms with Gasteiger partial charge in [-0.15, -0.1) is 0 Å². The van der Waals surface area contributed by atoms with E-state index < -0.39 is 12.6 Å². The highest BCUT2D eigenvalue weighted by Crippen LogP contribution is 2.34. The van der Waals surface area contributed by atoms with Gasteiger partial charge in [0.25, 0.3) is 0 Å². The van der Waals surface area contributed by atoms with E-state index in [1.807, 2.05) is 6.92 Å². The van der Waals surface area contributed by atoms with Crippen LogP contribution in [0.25, 0.3) is 0 Å². The van der Waals surface area contributed by atoms with Crippen molar-refractivity contribution in [3.8, 4) is 0 Å². The monoisotopic (exact) mass is 265 g/mol. The summed E-state index contributed by atoms with van der Waals surface area (Å²) >= 11 is 0. The molecule has 1 N–H and O–H groups in total. The zero-order valence-corrected chi connectivity index (χ0v) is 11.7. The lowest BCUT2D eigenvalue weighted by Gasteiger charge is -2.25. The van der Waals surface area contributed by atoms with Crippen molar-refractivity contribution >= 4 is 0 Å². The zero-order valence-electron chi connectivity index (χ0n) is 11.7. The van der Waals surface area contributed by atoms with Crippen LogP contribution in [0.4, 0.5) is 13.2 Å². The lowest BCUT2D eigenvalue weighted by molar-refractivity contribution is -0.135. The predicted molar refractivity (Wildman–Crippen MR) is 68.5 cm³/mol. The van der Waals surface area contributed by atoms with Crippen molar-refractivity contribution in [2.45, 2.75) is 77.6 Å². The minimum Gasteiger partial charge on any atom is -0.311 e. The van der Waals surface area contributed by atoms with E-state index in [1.54, 1.807) is 0 Å². The highest BCUT2D eigenvalue weighted by Gasteiger charge is 2.32. The first-order chi connectivity index (χ1) is 8.33. The van der Waals surface area contributed by atoms with Gasteiger partial charge >= 0.3 is 6.18 Å². The Bertz CT molecular complexity index is 240. The van der Waals surface area contributed by atoms with Crippen LogP contribution in [0.2, 0.25) is 0 Å². The number of halogens is 3. The fourth-order valence-electron chi connectivity index (χ4n) is 3.12. The number of rotatable bonds is 6. The van der Waals surface area contributed by atoms with E-state index in [9.17, 15) is 13.2 Å². The molecule has 1 fully saturated rings. The molecular weight excluding hydrogens is 239 g/mol. The summed E-state index contributed by atoms with van der Waals surface area (Å²) in [4.78, 5) is 0. The first kappa shape index (κ1) is 15.8. The molecule has 0 aromatic heterocycles. The lowest BCUT2D eigenvalue weighted by Crippen LogP contribution is -2.39. The molecule has 0 spiro atoms. The molecule has 108 valence electrons. The van der Waals surface area contributed by atoms with E-state index in [-0.39, 0.29) is 12.5 Å². The predicted octanol–water partition coefficient (Wildman–Crippen LogP) is 4.52. The quantitative estimate of drug-likeness (QED) is 0.744. The van der Waals surface area contributed by atoms with E-state index in [1.165, 1.54) is 19.3 Å². The van der Waals surface area contributed by atoms with Gasteiger partial charge in [0, 0.05) is 18.5 Å². The third kappa shape index (κ3) is 5.17. The SMILES string of the molecule is CCC1CCC(NC(C)CCCC(F)(F)F)C1C. The maximum atomic E-state index is 12.0. The molecule has 0 heterocycles. The van der Waals surface area contributed by atoms with Crippen molar-refractivity contribution in [3.05, 3.63) is 0 Å². The molecule has 0 aliphatic heterocycles. The number of nitrogens with one attached hydrogen (secondary N) is 1. The average molecular weight is 265 g/mol. The summed E-state index contributed by atoms with van der Waals surface area (Å²) in [5.41, 5.74) is 0. The summed E-state index contributed by atoms with van der Waals surface area (Å²) in [7, 11) is 0. The van der Waals surface area contributed by atoms with Crippen LogP contribution < -0.4 is 5.32 Å². The molecule has 0 radical (unpaired) electrons. The summed E-state index contributed by atoms with van der Waals surface area (Å²) in [6, 6.07) is 0.686. The van der Waals surface area contributed by atoms with Gasteiger partial charge in [-0.2, -0.15) is 13.2 Å². The molecule has 4 unspecified atom stereocenters. The fourth-order valence-corrected chi connectivity index (χ4v) is 3.12. The molecular formula is C14H26F3N. The highest BCUT2D eigenvalue weighted by molar-refractivity contribution is 4.87. The largest absolute Gasteiger partial charge is 0.389 e. The van der Waals surface area contributed by atoms with Gasteiger partial charge in [-0.1, -0.05) is 20.3 Å². The van der Waals surface area contributed by atoms with E-state index in [4.69, 9.17) is 0 Å². The van der Waals surface area contributed by atoms with Crippen LogP contribution in [0.3, 0.4) is 0 Å². The topological polar surface area (TPSA) is 12.0 Å². The summed E-state index contributed by atoms with van der Waals surface area (Å²) < 4.78 is 36.1. The molecule has 4 heteroatoms. The van der Waals surface area contributed by atoms with Crippen molar-refractivity contribution in [3.63, 3.8) is 0 Å². The van der Waals surface area contributed by atoms with Gasteiger partial charge in [0.1, 0.15) is 0 Å². The molecule has 0 aromatic carbocycles. The minimum atomic E-state index is -4.01. The summed E-state index contributed by atoms with van der Waals surface area (Å²) in [5, 5.41) is 3.51. The number of alkyl halides is 3. The maximum absolute atomic E-state index is 12.0. The van der Waals surface area contributed by atoms with Gasteiger partial charge in [0.15, 0.2) is 0 Å². The molecule has 1 saturated carbocycles. The van der Waals surface area contributed by atoms with Crippen LogP contribution in [0.1, 0.15) is 59.3 Å². The van der Waals surface area contributed by atoms with Crippen molar-refractivity contribution in [2.24, 2.45) is 11.8 Å². The van der Waals surface area contributed by atoms with Crippen molar-refractivity contribution in [1.29, 1.82) is 0 Å². The van der Waals surface area contributed by atoms with Gasteiger partial charge in [-0.05, 0) is 44.4 Å². The molecule has 4 atom stereocenters. The van der Waals surface area contributed by atoms with Crippen LogP contribution in [0.5, 0.6) is 0 Å². The first-order valence-electron chi connectivity index (χ1n) is 7.16. The van der Waals surface area contributed by atoms with Crippen molar-refractivity contribution in [2.75, 3.05) is 0 Å². The van der Waals surface area contributed by atoms with E-state index in [0.29, 0.717) is 18.4 Å². The Morgan fingerprint density at radius 1 is 1.28 bits per heavy atom. The second kappa shape index (κ2) is 6.78. The maximum Gasteiger partial charge on any atom is 0.389 e. The smallest absolute Gasteiger partial charge is 0.311 e.